The number of aromatic amines is 1. The lowest BCUT2D eigenvalue weighted by molar-refractivity contribution is 0.411. The zero-order valence-corrected chi connectivity index (χ0v) is 20.2. The maximum atomic E-state index is 13.8. The van der Waals surface area contributed by atoms with Crippen LogP contribution in [0.1, 0.15) is 11.1 Å². The summed E-state index contributed by atoms with van der Waals surface area (Å²) in [5.41, 5.74) is 4.42. The Kier molecular flexibility index (Phi) is 5.83. The molecule has 0 bridgehead atoms. The molecule has 5 nitrogen and oxygen atoms in total. The van der Waals surface area contributed by atoms with Crippen LogP contribution in [0.25, 0.3) is 27.6 Å². The summed E-state index contributed by atoms with van der Waals surface area (Å²) in [7, 11) is 1.59. The second-order valence-corrected chi connectivity index (χ2v) is 9.40. The number of aryl methyl sites for hydroxylation is 1. The maximum Gasteiger partial charge on any atom is 0.283 e. The van der Waals surface area contributed by atoms with Gasteiger partial charge in [0, 0.05) is 16.7 Å². The minimum atomic E-state index is -0.184. The molecule has 0 amide bonds. The summed E-state index contributed by atoms with van der Waals surface area (Å²) in [6.07, 6.45) is 0. The van der Waals surface area contributed by atoms with Crippen LogP contribution < -0.4 is 10.3 Å². The van der Waals surface area contributed by atoms with Crippen molar-refractivity contribution in [3.8, 4) is 11.4 Å². The molecule has 0 saturated heterocycles. The predicted molar refractivity (Wildman–Crippen MR) is 137 cm³/mol. The smallest absolute Gasteiger partial charge is 0.283 e. The Hall–Kier alpha value is -2.93. The number of ether oxygens (including phenoxy) is 1. The van der Waals surface area contributed by atoms with Gasteiger partial charge < -0.3 is 9.72 Å². The van der Waals surface area contributed by atoms with Gasteiger partial charge in [-0.1, -0.05) is 65.3 Å². The summed E-state index contributed by atoms with van der Waals surface area (Å²) < 4.78 is 7.21. The van der Waals surface area contributed by atoms with Crippen molar-refractivity contribution in [2.24, 2.45) is 0 Å². The van der Waals surface area contributed by atoms with Gasteiger partial charge >= 0.3 is 0 Å². The first-order chi connectivity index (χ1) is 16.0. The van der Waals surface area contributed by atoms with E-state index in [4.69, 9.17) is 32.9 Å². The molecule has 0 saturated carbocycles. The van der Waals surface area contributed by atoms with Crippen LogP contribution in [0.15, 0.2) is 70.6 Å². The Bertz CT molecular complexity index is 1580. The first-order valence-electron chi connectivity index (χ1n) is 10.2. The molecular weight excluding hydrogens is 477 g/mol. The predicted octanol–water partition coefficient (Wildman–Crippen LogP) is 6.78. The van der Waals surface area contributed by atoms with Crippen molar-refractivity contribution in [3.05, 3.63) is 92.2 Å². The van der Waals surface area contributed by atoms with E-state index in [1.807, 2.05) is 61.5 Å². The van der Waals surface area contributed by atoms with Crippen molar-refractivity contribution in [2.75, 3.05) is 7.11 Å². The average Bonchev–Trinajstić information content (AvgIpc) is 3.19. The highest BCUT2D eigenvalue weighted by Crippen LogP contribution is 2.32. The molecule has 5 rings (SSSR count). The molecule has 0 spiro atoms. The van der Waals surface area contributed by atoms with Crippen LogP contribution >= 0.6 is 35.0 Å². The zero-order chi connectivity index (χ0) is 23.1. The monoisotopic (exact) mass is 495 g/mol. The number of benzene rings is 3. The minimum absolute atomic E-state index is 0.184. The Balaban J connectivity index is 1.73. The molecule has 8 heteroatoms. The van der Waals surface area contributed by atoms with Gasteiger partial charge in [0.1, 0.15) is 16.8 Å². The summed E-state index contributed by atoms with van der Waals surface area (Å²) in [6.45, 7) is 1.98. The highest BCUT2D eigenvalue weighted by molar-refractivity contribution is 7.98. The largest absolute Gasteiger partial charge is 0.495 e. The standard InChI is InChI=1S/C25H19Cl2N3O2S/c1-14-7-10-21(32-2)20(11-14)30-24(31)23-22(16-5-3-4-6-19(16)28-23)29-25(30)33-13-15-8-9-17(26)18(27)12-15/h3-12,28H,13H2,1-2H3. The summed E-state index contributed by atoms with van der Waals surface area (Å²) >= 11 is 13.7. The van der Waals surface area contributed by atoms with Crippen LogP contribution in [-0.2, 0) is 5.75 Å². The first-order valence-corrected chi connectivity index (χ1v) is 12.0. The quantitative estimate of drug-likeness (QED) is 0.215. The molecule has 0 atom stereocenters. The third-order valence-electron chi connectivity index (χ3n) is 5.42. The van der Waals surface area contributed by atoms with Gasteiger partial charge in [-0.3, -0.25) is 4.79 Å². The Morgan fingerprint density at radius 2 is 1.88 bits per heavy atom. The van der Waals surface area contributed by atoms with E-state index in [1.165, 1.54) is 11.8 Å². The highest BCUT2D eigenvalue weighted by atomic mass is 35.5. The fourth-order valence-corrected chi connectivity index (χ4v) is 5.07. The molecule has 1 N–H and O–H groups in total. The molecule has 5 aromatic rings. The van der Waals surface area contributed by atoms with Gasteiger partial charge in [0.25, 0.3) is 5.56 Å². The second kappa shape index (κ2) is 8.78. The third kappa shape index (κ3) is 3.99. The summed E-state index contributed by atoms with van der Waals surface area (Å²) in [5.74, 6) is 1.15. The molecule has 0 aliphatic carbocycles. The number of aromatic nitrogens is 3. The molecule has 2 aromatic heterocycles. The molecule has 3 aromatic carbocycles. The van der Waals surface area contributed by atoms with E-state index < -0.39 is 0 Å². The molecular formula is C25H19Cl2N3O2S. The normalized spacial score (nSPS) is 11.4. The van der Waals surface area contributed by atoms with Crippen LogP contribution in [0.3, 0.4) is 0 Å². The van der Waals surface area contributed by atoms with Crippen molar-refractivity contribution in [2.45, 2.75) is 17.8 Å². The topological polar surface area (TPSA) is 59.9 Å². The minimum Gasteiger partial charge on any atom is -0.495 e. The van der Waals surface area contributed by atoms with Crippen molar-refractivity contribution < 1.29 is 4.74 Å². The Morgan fingerprint density at radius 1 is 1.06 bits per heavy atom. The number of halogens is 2. The molecule has 0 radical (unpaired) electrons. The van der Waals surface area contributed by atoms with Gasteiger partial charge in [0.05, 0.1) is 22.8 Å². The highest BCUT2D eigenvalue weighted by Gasteiger charge is 2.19. The van der Waals surface area contributed by atoms with Gasteiger partial charge in [0.15, 0.2) is 5.16 Å². The number of thioether (sulfide) groups is 1. The lowest BCUT2D eigenvalue weighted by Gasteiger charge is -2.16. The van der Waals surface area contributed by atoms with Gasteiger partial charge in [-0.05, 0) is 48.4 Å². The second-order valence-electron chi connectivity index (χ2n) is 7.64. The number of hydrogen-bond donors (Lipinski definition) is 1. The SMILES string of the molecule is COc1ccc(C)cc1-n1c(SCc2ccc(Cl)c(Cl)c2)nc2c([nH]c3ccccc32)c1=O. The number of fused-ring (bicyclic) bond motifs is 3. The van der Waals surface area contributed by atoms with Crippen LogP contribution in [-0.4, -0.2) is 21.6 Å². The van der Waals surface area contributed by atoms with Gasteiger partial charge in [-0.15, -0.1) is 0 Å². The van der Waals surface area contributed by atoms with Crippen LogP contribution in [0.5, 0.6) is 5.75 Å². The number of para-hydroxylation sites is 1. The van der Waals surface area contributed by atoms with E-state index in [-0.39, 0.29) is 5.56 Å². The fraction of sp³-hybridized carbons (Fsp3) is 0.120. The maximum absolute atomic E-state index is 13.8. The number of rotatable bonds is 5. The van der Waals surface area contributed by atoms with Gasteiger partial charge in [0.2, 0.25) is 0 Å². The van der Waals surface area contributed by atoms with Gasteiger partial charge in [-0.2, -0.15) is 0 Å². The van der Waals surface area contributed by atoms with E-state index in [2.05, 4.69) is 4.98 Å². The fourth-order valence-electron chi connectivity index (χ4n) is 3.80. The van der Waals surface area contributed by atoms with E-state index in [1.54, 1.807) is 17.7 Å². The summed E-state index contributed by atoms with van der Waals surface area (Å²) in [4.78, 5) is 22.0. The van der Waals surface area contributed by atoms with Crippen molar-refractivity contribution in [1.82, 2.24) is 14.5 Å². The first kappa shape index (κ1) is 21.9. The lowest BCUT2D eigenvalue weighted by atomic mass is 10.2. The van der Waals surface area contributed by atoms with Crippen LogP contribution in [0.4, 0.5) is 0 Å². The number of hydrogen-bond acceptors (Lipinski definition) is 4. The molecule has 0 unspecified atom stereocenters. The lowest BCUT2D eigenvalue weighted by Crippen LogP contribution is -2.22. The number of nitrogens with one attached hydrogen (secondary N) is 1. The Labute approximate surface area is 204 Å². The molecule has 166 valence electrons. The molecule has 0 fully saturated rings. The summed E-state index contributed by atoms with van der Waals surface area (Å²) in [6, 6.07) is 19.0. The van der Waals surface area contributed by atoms with Crippen LogP contribution in [0, 0.1) is 6.92 Å². The van der Waals surface area contributed by atoms with Crippen molar-refractivity contribution in [1.29, 1.82) is 0 Å². The third-order valence-corrected chi connectivity index (χ3v) is 7.17. The molecule has 0 aliphatic heterocycles. The molecule has 33 heavy (non-hydrogen) atoms. The molecule has 0 aliphatic rings. The van der Waals surface area contributed by atoms with E-state index in [9.17, 15) is 4.79 Å². The number of H-pyrrole nitrogens is 1. The average molecular weight is 496 g/mol. The number of nitrogens with zero attached hydrogens (tertiary/aromatic N) is 2. The van der Waals surface area contributed by atoms with Crippen LogP contribution in [0.2, 0.25) is 10.0 Å². The van der Waals surface area contributed by atoms with E-state index in [0.29, 0.717) is 43.4 Å². The molecule has 2 heterocycles. The van der Waals surface area contributed by atoms with E-state index in [0.717, 1.165) is 22.0 Å². The zero-order valence-electron chi connectivity index (χ0n) is 17.9. The van der Waals surface area contributed by atoms with E-state index >= 15 is 0 Å². The van der Waals surface area contributed by atoms with Crippen molar-refractivity contribution in [3.63, 3.8) is 0 Å². The van der Waals surface area contributed by atoms with Gasteiger partial charge in [-0.25, -0.2) is 9.55 Å². The van der Waals surface area contributed by atoms with Crippen molar-refractivity contribution >= 4 is 56.9 Å². The number of methoxy groups -OCH3 is 1. The summed E-state index contributed by atoms with van der Waals surface area (Å²) in [5, 5.41) is 2.47. The Morgan fingerprint density at radius 3 is 2.67 bits per heavy atom.